The molecule has 1 aromatic heterocycles. The van der Waals surface area contributed by atoms with Crippen LogP contribution >= 0.6 is 0 Å². The summed E-state index contributed by atoms with van der Waals surface area (Å²) in [6, 6.07) is 0. The predicted molar refractivity (Wildman–Crippen MR) is 56.4 cm³/mol. The summed E-state index contributed by atoms with van der Waals surface area (Å²) in [5, 5.41) is 16.0. The van der Waals surface area contributed by atoms with Crippen molar-refractivity contribution in [3.05, 3.63) is 12.2 Å². The van der Waals surface area contributed by atoms with Crippen LogP contribution in [0.5, 0.6) is 0 Å². The third-order valence-corrected chi connectivity index (χ3v) is 2.71. The van der Waals surface area contributed by atoms with Gasteiger partial charge in [0.05, 0.1) is 0 Å². The summed E-state index contributed by atoms with van der Waals surface area (Å²) in [7, 11) is 0. The summed E-state index contributed by atoms with van der Waals surface area (Å²) < 4.78 is 4.87. The first-order chi connectivity index (χ1) is 7.20. The molecule has 1 atom stereocenters. The molecule has 1 unspecified atom stereocenters. The molecular formula is C10H19N3O2. The molecule has 0 saturated carbocycles. The minimum atomic E-state index is -0.0329. The highest BCUT2D eigenvalue weighted by atomic mass is 16.5. The van der Waals surface area contributed by atoms with E-state index < -0.39 is 0 Å². The lowest BCUT2D eigenvalue weighted by molar-refractivity contribution is 0.135. The van der Waals surface area contributed by atoms with Crippen LogP contribution in [0.2, 0.25) is 0 Å². The molecule has 0 amide bonds. The lowest BCUT2D eigenvalue weighted by atomic mass is 9.89. The quantitative estimate of drug-likeness (QED) is 0.649. The minimum Gasteiger partial charge on any atom is -0.396 e. The van der Waals surface area contributed by atoms with Crippen LogP contribution in [-0.4, -0.2) is 34.9 Å². The summed E-state index contributed by atoms with van der Waals surface area (Å²) in [5.74, 6) is 0.643. The van der Waals surface area contributed by atoms with E-state index in [0.29, 0.717) is 5.89 Å². The van der Waals surface area contributed by atoms with Crippen molar-refractivity contribution in [3.8, 4) is 0 Å². The van der Waals surface area contributed by atoms with Crippen molar-refractivity contribution in [2.75, 3.05) is 19.7 Å². The molecule has 1 heterocycles. The van der Waals surface area contributed by atoms with Gasteiger partial charge in [0.1, 0.15) is 0 Å². The van der Waals surface area contributed by atoms with Crippen LogP contribution < -0.4 is 5.32 Å². The van der Waals surface area contributed by atoms with Crippen LogP contribution in [-0.2, 0) is 6.42 Å². The smallest absolute Gasteiger partial charge is 0.227 e. The molecule has 2 N–H and O–H groups in total. The molecular weight excluding hydrogens is 194 g/mol. The molecule has 0 fully saturated rings. The van der Waals surface area contributed by atoms with Crippen molar-refractivity contribution in [2.45, 2.75) is 26.7 Å². The van der Waals surface area contributed by atoms with Gasteiger partial charge in [-0.25, -0.2) is 0 Å². The number of hydrogen-bond donors (Lipinski definition) is 2. The standard InChI is InChI=1S/C10H19N3O2/c1-3-10(2,7-14)6-11-5-4-9-12-8-13-15-9/h8,11,14H,3-7H2,1-2H3. The van der Waals surface area contributed by atoms with Crippen molar-refractivity contribution >= 4 is 0 Å². The Hall–Kier alpha value is -0.940. The Labute approximate surface area is 89.9 Å². The monoisotopic (exact) mass is 213 g/mol. The van der Waals surface area contributed by atoms with Gasteiger partial charge < -0.3 is 14.9 Å². The Morgan fingerprint density at radius 2 is 2.40 bits per heavy atom. The van der Waals surface area contributed by atoms with Crippen molar-refractivity contribution in [2.24, 2.45) is 5.41 Å². The summed E-state index contributed by atoms with van der Waals surface area (Å²) in [5.41, 5.74) is -0.0329. The molecule has 0 aliphatic heterocycles. The second kappa shape index (κ2) is 5.82. The zero-order valence-electron chi connectivity index (χ0n) is 9.36. The highest BCUT2D eigenvalue weighted by Gasteiger charge is 2.19. The molecule has 0 radical (unpaired) electrons. The fraction of sp³-hybridized carbons (Fsp3) is 0.800. The van der Waals surface area contributed by atoms with Crippen LogP contribution in [0.25, 0.3) is 0 Å². The number of nitrogens with zero attached hydrogens (tertiary/aromatic N) is 2. The third-order valence-electron chi connectivity index (χ3n) is 2.71. The van der Waals surface area contributed by atoms with E-state index in [1.54, 1.807) is 0 Å². The average Bonchev–Trinajstić information content (AvgIpc) is 2.77. The van der Waals surface area contributed by atoms with Crippen LogP contribution in [0.3, 0.4) is 0 Å². The maximum absolute atomic E-state index is 9.19. The molecule has 5 heteroatoms. The van der Waals surface area contributed by atoms with Crippen molar-refractivity contribution < 1.29 is 9.63 Å². The van der Waals surface area contributed by atoms with E-state index in [2.05, 4.69) is 29.3 Å². The van der Waals surface area contributed by atoms with Crippen LogP contribution in [0.1, 0.15) is 26.2 Å². The number of nitrogens with one attached hydrogen (secondary N) is 1. The zero-order chi connectivity index (χ0) is 11.1. The molecule has 0 aliphatic carbocycles. The van der Waals surface area contributed by atoms with Crippen LogP contribution in [0.15, 0.2) is 10.9 Å². The second-order valence-corrected chi connectivity index (χ2v) is 4.08. The number of hydrogen-bond acceptors (Lipinski definition) is 5. The number of aliphatic hydroxyl groups is 1. The normalized spacial score (nSPS) is 15.1. The fourth-order valence-electron chi connectivity index (χ4n) is 1.18. The summed E-state index contributed by atoms with van der Waals surface area (Å²) in [6.07, 6.45) is 3.08. The molecule has 1 aromatic rings. The molecule has 0 aliphatic rings. The van der Waals surface area contributed by atoms with Gasteiger partial charge in [-0.2, -0.15) is 4.98 Å². The van der Waals surface area contributed by atoms with Gasteiger partial charge in [0.15, 0.2) is 6.33 Å². The summed E-state index contributed by atoms with van der Waals surface area (Å²) >= 11 is 0. The molecule has 1 rings (SSSR count). The van der Waals surface area contributed by atoms with Gasteiger partial charge in [0.2, 0.25) is 5.89 Å². The molecule has 0 saturated heterocycles. The van der Waals surface area contributed by atoms with Gasteiger partial charge in [0, 0.05) is 31.5 Å². The van der Waals surface area contributed by atoms with Crippen molar-refractivity contribution in [3.63, 3.8) is 0 Å². The Balaban J connectivity index is 2.16. The molecule has 86 valence electrons. The van der Waals surface area contributed by atoms with Crippen molar-refractivity contribution in [1.82, 2.24) is 15.5 Å². The van der Waals surface area contributed by atoms with E-state index in [1.165, 1.54) is 6.33 Å². The Bertz CT molecular complexity index is 258. The fourth-order valence-corrected chi connectivity index (χ4v) is 1.18. The van der Waals surface area contributed by atoms with E-state index >= 15 is 0 Å². The largest absolute Gasteiger partial charge is 0.396 e. The maximum atomic E-state index is 9.19. The zero-order valence-corrected chi connectivity index (χ0v) is 9.36. The second-order valence-electron chi connectivity index (χ2n) is 4.08. The first-order valence-electron chi connectivity index (χ1n) is 5.27. The van der Waals surface area contributed by atoms with Gasteiger partial charge in [-0.15, -0.1) is 0 Å². The van der Waals surface area contributed by atoms with E-state index in [4.69, 9.17) is 4.52 Å². The average molecular weight is 213 g/mol. The number of aromatic nitrogens is 2. The first-order valence-corrected chi connectivity index (χ1v) is 5.27. The Morgan fingerprint density at radius 1 is 1.60 bits per heavy atom. The molecule has 0 aromatic carbocycles. The Morgan fingerprint density at radius 3 is 2.93 bits per heavy atom. The van der Waals surface area contributed by atoms with Gasteiger partial charge in [-0.05, 0) is 6.42 Å². The molecule has 15 heavy (non-hydrogen) atoms. The third kappa shape index (κ3) is 3.97. The highest BCUT2D eigenvalue weighted by molar-refractivity contribution is 4.78. The highest BCUT2D eigenvalue weighted by Crippen LogP contribution is 2.18. The minimum absolute atomic E-state index is 0.0329. The number of rotatable bonds is 7. The predicted octanol–water partition coefficient (Wildman–Crippen LogP) is 0.610. The van der Waals surface area contributed by atoms with Crippen LogP contribution in [0.4, 0.5) is 0 Å². The van der Waals surface area contributed by atoms with Gasteiger partial charge in [-0.3, -0.25) is 0 Å². The molecule has 5 nitrogen and oxygen atoms in total. The SMILES string of the molecule is CCC(C)(CO)CNCCc1ncno1. The molecule has 0 bridgehead atoms. The van der Waals surface area contributed by atoms with Crippen LogP contribution in [0, 0.1) is 5.41 Å². The maximum Gasteiger partial charge on any atom is 0.227 e. The topological polar surface area (TPSA) is 71.2 Å². The Kier molecular flexibility index (Phi) is 4.71. The number of aliphatic hydroxyl groups excluding tert-OH is 1. The van der Waals surface area contributed by atoms with Gasteiger partial charge >= 0.3 is 0 Å². The summed E-state index contributed by atoms with van der Waals surface area (Å²) in [6.45, 7) is 5.94. The van der Waals surface area contributed by atoms with E-state index in [1.807, 2.05) is 0 Å². The van der Waals surface area contributed by atoms with Gasteiger partial charge in [-0.1, -0.05) is 19.0 Å². The van der Waals surface area contributed by atoms with E-state index in [0.717, 1.165) is 25.9 Å². The molecule has 0 spiro atoms. The van der Waals surface area contributed by atoms with Gasteiger partial charge in [0.25, 0.3) is 0 Å². The van der Waals surface area contributed by atoms with E-state index in [-0.39, 0.29) is 12.0 Å². The lowest BCUT2D eigenvalue weighted by Crippen LogP contribution is -2.35. The summed E-state index contributed by atoms with van der Waals surface area (Å²) in [4.78, 5) is 3.92. The van der Waals surface area contributed by atoms with E-state index in [9.17, 15) is 5.11 Å². The first kappa shape index (κ1) is 12.1. The van der Waals surface area contributed by atoms with Crippen molar-refractivity contribution in [1.29, 1.82) is 0 Å². The lowest BCUT2D eigenvalue weighted by Gasteiger charge is -2.25.